The third-order valence-corrected chi connectivity index (χ3v) is 10.1. The lowest BCUT2D eigenvalue weighted by Gasteiger charge is -2.55. The van der Waals surface area contributed by atoms with Crippen molar-refractivity contribution in [1.82, 2.24) is 4.98 Å². The Morgan fingerprint density at radius 3 is 2.65 bits per heavy atom. The molecule has 0 bridgehead atoms. The summed E-state index contributed by atoms with van der Waals surface area (Å²) < 4.78 is 0. The number of allylic oxidation sites excluding steroid dienone is 2. The van der Waals surface area contributed by atoms with Gasteiger partial charge < -0.3 is 10.4 Å². The molecular formula is C26H30N2O2S. The van der Waals surface area contributed by atoms with Gasteiger partial charge in [-0.15, -0.1) is 11.3 Å². The molecule has 0 amide bonds. The fraction of sp³-hybridized carbons (Fsp3) is 0.538. The summed E-state index contributed by atoms with van der Waals surface area (Å²) in [4.78, 5) is 19.1. The zero-order chi connectivity index (χ0) is 21.4. The van der Waals surface area contributed by atoms with Crippen molar-refractivity contribution >= 4 is 33.5 Å². The predicted molar refractivity (Wildman–Crippen MR) is 125 cm³/mol. The second-order valence-corrected chi connectivity index (χ2v) is 11.6. The third-order valence-electron chi connectivity index (χ3n) is 9.12. The summed E-state index contributed by atoms with van der Waals surface area (Å²) >= 11 is 1.76. The Morgan fingerprint density at radius 2 is 1.84 bits per heavy atom. The molecule has 0 unspecified atom stereocenters. The van der Waals surface area contributed by atoms with Crippen molar-refractivity contribution in [3.05, 3.63) is 40.9 Å². The molecule has 1 aromatic heterocycles. The molecule has 162 valence electrons. The standard InChI is InChI=1S/C26H30N2O2S/c1-25-14-12-21-23(28-24(31-21)27-15-3-5-16(29)6-4-15)20(25)8-7-17-18-9-10-22(30)26(18,2)13-11-19(17)25/h3-6,8,17-19,29H,7,9-14H2,1-2H3,(H,27,28)/t17-,18-,19-,25+,26-/m0/s1. The number of nitrogens with one attached hydrogen (secondary N) is 1. The van der Waals surface area contributed by atoms with Crippen LogP contribution in [0.15, 0.2) is 30.3 Å². The number of anilines is 2. The topological polar surface area (TPSA) is 62.2 Å². The highest BCUT2D eigenvalue weighted by molar-refractivity contribution is 7.15. The molecule has 4 aliphatic carbocycles. The number of phenolic OH excluding ortho intramolecular Hbond substituents is 1. The number of carbonyl (C=O) groups excluding carboxylic acids is 1. The van der Waals surface area contributed by atoms with E-state index in [4.69, 9.17) is 4.98 Å². The zero-order valence-corrected chi connectivity index (χ0v) is 19.1. The molecule has 31 heavy (non-hydrogen) atoms. The van der Waals surface area contributed by atoms with Gasteiger partial charge in [-0.25, -0.2) is 4.98 Å². The third kappa shape index (κ3) is 2.78. The Hall–Kier alpha value is -2.14. The summed E-state index contributed by atoms with van der Waals surface area (Å²) in [5, 5.41) is 13.9. The fourth-order valence-corrected chi connectivity index (χ4v) is 8.37. The lowest BCUT2D eigenvalue weighted by molar-refractivity contribution is -0.131. The second kappa shape index (κ2) is 6.68. The highest BCUT2D eigenvalue weighted by atomic mass is 32.1. The van der Waals surface area contributed by atoms with E-state index in [1.165, 1.54) is 29.0 Å². The van der Waals surface area contributed by atoms with Gasteiger partial charge in [-0.3, -0.25) is 4.79 Å². The van der Waals surface area contributed by atoms with Crippen LogP contribution in [-0.2, 0) is 11.2 Å². The monoisotopic (exact) mass is 434 g/mol. The van der Waals surface area contributed by atoms with Crippen LogP contribution in [0.2, 0.25) is 0 Å². The number of carbonyl (C=O) groups is 1. The fourth-order valence-electron chi connectivity index (χ4n) is 7.38. The summed E-state index contributed by atoms with van der Waals surface area (Å²) in [5.74, 6) is 2.67. The molecule has 2 saturated carbocycles. The van der Waals surface area contributed by atoms with Crippen molar-refractivity contribution in [1.29, 1.82) is 0 Å². The van der Waals surface area contributed by atoms with Gasteiger partial charge in [-0.05, 0) is 91.5 Å². The van der Waals surface area contributed by atoms with Crippen LogP contribution in [0.5, 0.6) is 5.75 Å². The first-order valence-corrected chi connectivity index (χ1v) is 12.5. The van der Waals surface area contributed by atoms with Gasteiger partial charge in [-0.1, -0.05) is 19.9 Å². The second-order valence-electron chi connectivity index (χ2n) is 10.5. The van der Waals surface area contributed by atoms with Crippen molar-refractivity contribution in [2.24, 2.45) is 28.6 Å². The first-order chi connectivity index (χ1) is 14.9. The quantitative estimate of drug-likeness (QED) is 0.541. The molecule has 0 saturated heterocycles. The number of rotatable bonds is 2. The van der Waals surface area contributed by atoms with Gasteiger partial charge in [-0.2, -0.15) is 0 Å². The average Bonchev–Trinajstić information content (AvgIpc) is 3.29. The van der Waals surface area contributed by atoms with Crippen LogP contribution >= 0.6 is 11.3 Å². The SMILES string of the molecule is C[C@]12CCc3sc(Nc4ccc(O)cc4)nc3C1=CC[C@@H]1[C@@H]2CC[C@]2(C)C(=O)CC[C@@H]12. The van der Waals surface area contributed by atoms with Crippen LogP contribution in [0.4, 0.5) is 10.8 Å². The molecule has 1 aromatic carbocycles. The summed E-state index contributed by atoms with van der Waals surface area (Å²) in [7, 11) is 0. The van der Waals surface area contributed by atoms with E-state index in [1.54, 1.807) is 23.5 Å². The van der Waals surface area contributed by atoms with Gasteiger partial charge in [0.1, 0.15) is 11.5 Å². The lowest BCUT2D eigenvalue weighted by Crippen LogP contribution is -2.49. The molecule has 6 rings (SSSR count). The van der Waals surface area contributed by atoms with Crippen LogP contribution in [0.1, 0.15) is 62.9 Å². The van der Waals surface area contributed by atoms with E-state index < -0.39 is 0 Å². The van der Waals surface area contributed by atoms with Gasteiger partial charge in [0.25, 0.3) is 0 Å². The molecule has 2 N–H and O–H groups in total. The van der Waals surface area contributed by atoms with Gasteiger partial charge in [0.05, 0.1) is 5.69 Å². The van der Waals surface area contributed by atoms with E-state index in [9.17, 15) is 9.90 Å². The van der Waals surface area contributed by atoms with Crippen molar-refractivity contribution < 1.29 is 9.90 Å². The normalized spacial score (nSPS) is 36.1. The highest BCUT2D eigenvalue weighted by Crippen LogP contribution is 2.65. The summed E-state index contributed by atoms with van der Waals surface area (Å²) in [6, 6.07) is 7.15. The highest BCUT2D eigenvalue weighted by Gasteiger charge is 2.58. The number of ketones is 1. The maximum absolute atomic E-state index is 12.7. The molecule has 0 radical (unpaired) electrons. The predicted octanol–water partition coefficient (Wildman–Crippen LogP) is 6.34. The van der Waals surface area contributed by atoms with Gasteiger partial charge in [0, 0.05) is 22.4 Å². The van der Waals surface area contributed by atoms with E-state index >= 15 is 0 Å². The summed E-state index contributed by atoms with van der Waals surface area (Å²) in [6.07, 6.45) is 9.98. The minimum atomic E-state index is -0.0649. The first-order valence-electron chi connectivity index (χ1n) is 11.7. The summed E-state index contributed by atoms with van der Waals surface area (Å²) in [6.45, 7) is 4.73. The number of phenols is 1. The number of aryl methyl sites for hydroxylation is 1. The molecule has 0 spiro atoms. The minimum absolute atomic E-state index is 0.0649. The maximum atomic E-state index is 12.7. The van der Waals surface area contributed by atoms with Crippen LogP contribution < -0.4 is 5.32 Å². The van der Waals surface area contributed by atoms with E-state index in [0.29, 0.717) is 23.5 Å². The molecule has 4 aliphatic rings. The Bertz CT molecular complexity index is 1090. The average molecular weight is 435 g/mol. The molecule has 5 heteroatoms. The van der Waals surface area contributed by atoms with E-state index in [1.807, 2.05) is 12.1 Å². The van der Waals surface area contributed by atoms with Gasteiger partial charge in [0.2, 0.25) is 0 Å². The number of fused-ring (bicyclic) bond motifs is 7. The molecule has 2 aromatic rings. The molecule has 4 nitrogen and oxygen atoms in total. The smallest absolute Gasteiger partial charge is 0.187 e. The van der Waals surface area contributed by atoms with Gasteiger partial charge >= 0.3 is 0 Å². The van der Waals surface area contributed by atoms with Crippen LogP contribution in [0.25, 0.3) is 5.57 Å². The largest absolute Gasteiger partial charge is 0.508 e. The van der Waals surface area contributed by atoms with Crippen molar-refractivity contribution in [3.8, 4) is 5.75 Å². The van der Waals surface area contributed by atoms with E-state index in [0.717, 1.165) is 42.9 Å². The van der Waals surface area contributed by atoms with Crippen molar-refractivity contribution in [2.45, 2.75) is 58.8 Å². The van der Waals surface area contributed by atoms with Crippen LogP contribution in [0, 0.1) is 28.6 Å². The molecular weight excluding hydrogens is 404 g/mol. The summed E-state index contributed by atoms with van der Waals surface area (Å²) in [5.41, 5.74) is 3.71. The number of hydrogen-bond donors (Lipinski definition) is 2. The minimum Gasteiger partial charge on any atom is -0.508 e. The number of benzene rings is 1. The van der Waals surface area contributed by atoms with Crippen LogP contribution in [0.3, 0.4) is 0 Å². The number of thiazole rings is 1. The Kier molecular flexibility index (Phi) is 4.21. The Morgan fingerprint density at radius 1 is 1.06 bits per heavy atom. The molecule has 0 aliphatic heterocycles. The van der Waals surface area contributed by atoms with Crippen LogP contribution in [-0.4, -0.2) is 15.9 Å². The van der Waals surface area contributed by atoms with Gasteiger partial charge in [0.15, 0.2) is 5.13 Å². The number of aromatic nitrogens is 1. The Balaban J connectivity index is 1.33. The van der Waals surface area contributed by atoms with Crippen molar-refractivity contribution in [3.63, 3.8) is 0 Å². The molecule has 5 atom stereocenters. The molecule has 2 fully saturated rings. The number of hydrogen-bond acceptors (Lipinski definition) is 5. The Labute approximate surface area is 187 Å². The van der Waals surface area contributed by atoms with E-state index in [-0.39, 0.29) is 16.6 Å². The maximum Gasteiger partial charge on any atom is 0.187 e. The zero-order valence-electron chi connectivity index (χ0n) is 18.3. The van der Waals surface area contributed by atoms with Crippen molar-refractivity contribution in [2.75, 3.05) is 5.32 Å². The number of aromatic hydroxyl groups is 1. The number of Topliss-reactive ketones (excluding diaryl/α,β-unsaturated/α-hetero) is 1. The lowest BCUT2D eigenvalue weighted by atomic mass is 9.48. The molecule has 1 heterocycles. The first kappa shape index (κ1) is 19.5. The van der Waals surface area contributed by atoms with E-state index in [2.05, 4.69) is 25.2 Å². The number of nitrogens with zero attached hydrogens (tertiary/aromatic N) is 1.